The number of Topliss-reactive ketones (excluding diaryl/α,β-unsaturated/α-hetero) is 1. The van der Waals surface area contributed by atoms with Gasteiger partial charge in [-0.05, 0) is 28.6 Å². The van der Waals surface area contributed by atoms with Gasteiger partial charge in [-0.1, -0.05) is 48.5 Å². The van der Waals surface area contributed by atoms with E-state index in [1.54, 1.807) is 13.8 Å². The number of alkyl halides is 4. The minimum Gasteiger partial charge on any atom is -0.344 e. The average molecular weight is 496 g/mol. The first kappa shape index (κ1) is 27.4. The van der Waals surface area contributed by atoms with Gasteiger partial charge in [-0.15, -0.1) is 11.6 Å². The van der Waals surface area contributed by atoms with Gasteiger partial charge in [-0.2, -0.15) is 13.2 Å². The Labute approximate surface area is 197 Å². The zero-order valence-electron chi connectivity index (χ0n) is 20.0. The highest BCUT2D eigenvalue weighted by molar-refractivity contribution is 6.28. The summed E-state index contributed by atoms with van der Waals surface area (Å²) < 4.78 is 38.7. The summed E-state index contributed by atoms with van der Waals surface area (Å²) in [6.07, 6.45) is -5.15. The molecule has 3 amide bonds. The number of amides is 3. The molecule has 2 fully saturated rings. The highest BCUT2D eigenvalue weighted by Crippen LogP contribution is 2.65. The van der Waals surface area contributed by atoms with Crippen molar-refractivity contribution in [3.8, 4) is 0 Å². The van der Waals surface area contributed by atoms with Gasteiger partial charge in [0.1, 0.15) is 12.1 Å². The van der Waals surface area contributed by atoms with E-state index in [0.717, 1.165) is 0 Å². The molecule has 1 saturated heterocycles. The normalized spacial score (nSPS) is 25.8. The Morgan fingerprint density at radius 2 is 1.64 bits per heavy atom. The fourth-order valence-corrected chi connectivity index (χ4v) is 4.95. The van der Waals surface area contributed by atoms with E-state index < -0.39 is 47.4 Å². The van der Waals surface area contributed by atoms with E-state index in [-0.39, 0.29) is 41.4 Å². The van der Waals surface area contributed by atoms with E-state index in [0.29, 0.717) is 0 Å². The number of hydrogen-bond donors (Lipinski definition) is 2. The summed E-state index contributed by atoms with van der Waals surface area (Å²) in [7, 11) is 0. The second-order valence-corrected chi connectivity index (χ2v) is 11.3. The van der Waals surface area contributed by atoms with Crippen molar-refractivity contribution in [1.82, 2.24) is 15.5 Å². The molecular formula is C22H33ClF3N3O4. The molecule has 0 aromatic heterocycles. The molecule has 1 aliphatic carbocycles. The van der Waals surface area contributed by atoms with Crippen molar-refractivity contribution < 1.29 is 32.3 Å². The molecule has 2 rings (SSSR count). The molecule has 188 valence electrons. The Kier molecular flexibility index (Phi) is 7.54. The first-order chi connectivity index (χ1) is 14.9. The molecule has 0 bridgehead atoms. The molecule has 2 aliphatic rings. The van der Waals surface area contributed by atoms with Crippen molar-refractivity contribution in [3.05, 3.63) is 0 Å². The molecule has 33 heavy (non-hydrogen) atoms. The van der Waals surface area contributed by atoms with Gasteiger partial charge >= 0.3 is 12.1 Å². The summed E-state index contributed by atoms with van der Waals surface area (Å²) in [5.74, 6) is -4.65. The van der Waals surface area contributed by atoms with Gasteiger partial charge in [-0.25, -0.2) is 0 Å². The maximum atomic E-state index is 13.4. The number of carbonyl (C=O) groups excluding carboxylic acids is 4. The van der Waals surface area contributed by atoms with E-state index >= 15 is 0 Å². The van der Waals surface area contributed by atoms with Gasteiger partial charge in [0.25, 0.3) is 0 Å². The topological polar surface area (TPSA) is 95.6 Å². The summed E-state index contributed by atoms with van der Waals surface area (Å²) in [5, 5.41) is 4.51. The first-order valence-electron chi connectivity index (χ1n) is 10.9. The molecule has 1 saturated carbocycles. The number of ketones is 1. The number of piperidine rings is 1. The van der Waals surface area contributed by atoms with Crippen LogP contribution in [0.25, 0.3) is 0 Å². The van der Waals surface area contributed by atoms with Gasteiger partial charge in [0, 0.05) is 6.54 Å². The van der Waals surface area contributed by atoms with Gasteiger partial charge in [0.15, 0.2) is 5.78 Å². The van der Waals surface area contributed by atoms with Crippen molar-refractivity contribution >= 4 is 35.1 Å². The predicted octanol–water partition coefficient (Wildman–Crippen LogP) is 2.51. The van der Waals surface area contributed by atoms with E-state index in [1.165, 1.54) is 25.7 Å². The Morgan fingerprint density at radius 1 is 1.09 bits per heavy atom. The van der Waals surface area contributed by atoms with Crippen LogP contribution in [0.1, 0.15) is 48.5 Å². The van der Waals surface area contributed by atoms with Crippen molar-refractivity contribution in [2.45, 2.75) is 72.8 Å². The number of nitrogens with one attached hydrogen (secondary N) is 2. The van der Waals surface area contributed by atoms with Gasteiger partial charge in [0.2, 0.25) is 11.8 Å². The summed E-state index contributed by atoms with van der Waals surface area (Å²) in [4.78, 5) is 51.8. The number of nitrogens with zero attached hydrogens (tertiary/aromatic N) is 1. The molecule has 1 heterocycles. The third kappa shape index (κ3) is 5.46. The van der Waals surface area contributed by atoms with Crippen molar-refractivity contribution in [3.63, 3.8) is 0 Å². The smallest absolute Gasteiger partial charge is 0.344 e. The Bertz CT molecular complexity index is 823. The van der Waals surface area contributed by atoms with Crippen LogP contribution in [0.15, 0.2) is 0 Å². The van der Waals surface area contributed by atoms with Crippen LogP contribution in [-0.2, 0) is 19.2 Å². The highest BCUT2D eigenvalue weighted by atomic mass is 35.5. The molecule has 0 unspecified atom stereocenters. The molecule has 0 aromatic carbocycles. The zero-order chi connectivity index (χ0) is 25.7. The molecule has 7 nitrogen and oxygen atoms in total. The molecule has 0 spiro atoms. The lowest BCUT2D eigenvalue weighted by Crippen LogP contribution is -2.61. The first-order valence-corrected chi connectivity index (χ1v) is 11.5. The second-order valence-electron chi connectivity index (χ2n) is 11.0. The van der Waals surface area contributed by atoms with Crippen LogP contribution >= 0.6 is 11.6 Å². The number of rotatable bonds is 7. The van der Waals surface area contributed by atoms with Gasteiger partial charge in [0.05, 0.1) is 11.9 Å². The fraction of sp³-hybridized carbons (Fsp3) is 0.818. The van der Waals surface area contributed by atoms with Crippen LogP contribution in [0.4, 0.5) is 13.2 Å². The van der Waals surface area contributed by atoms with Crippen LogP contribution < -0.4 is 10.6 Å². The maximum absolute atomic E-state index is 13.4. The predicted molar refractivity (Wildman–Crippen MR) is 116 cm³/mol. The van der Waals surface area contributed by atoms with E-state index in [1.807, 2.05) is 19.2 Å². The second kappa shape index (κ2) is 9.07. The third-order valence-corrected chi connectivity index (χ3v) is 7.11. The summed E-state index contributed by atoms with van der Waals surface area (Å²) in [6.45, 7) is 12.2. The van der Waals surface area contributed by atoms with Gasteiger partial charge < -0.3 is 15.5 Å². The Morgan fingerprint density at radius 3 is 2.06 bits per heavy atom. The standard InChI is InChI=1S/C22H33ClF3N3O4/c1-10(2)14(12(30)8-23)27-17(31)15-13-11(21(13,6)7)9-29(15)18(32)16(20(3,4)5)28-19(33)22(24,25)26/h10-11,13-16H,8-9H2,1-7H3,(H,27,31)(H,28,33)/t11-,13-,14-,15-,16+/m0/s1. The van der Waals surface area contributed by atoms with Gasteiger partial charge in [-0.3, -0.25) is 19.2 Å². The molecule has 11 heteroatoms. The van der Waals surface area contributed by atoms with Crippen molar-refractivity contribution in [2.24, 2.45) is 28.6 Å². The lowest BCUT2D eigenvalue weighted by atomic mass is 9.85. The monoisotopic (exact) mass is 495 g/mol. The minimum absolute atomic E-state index is 0.0163. The SMILES string of the molecule is CC(C)[C@H](NC(=O)[C@@H]1[C@@H]2[C@H](CN1C(=O)[C@@H](NC(=O)C(F)(F)F)C(C)(C)C)C2(C)C)C(=O)CCl. The Balaban J connectivity index is 2.35. The summed E-state index contributed by atoms with van der Waals surface area (Å²) in [5.41, 5.74) is -1.29. The number of likely N-dealkylation sites (tertiary alicyclic amines) is 1. The summed E-state index contributed by atoms with van der Waals surface area (Å²) in [6, 6.07) is -3.31. The molecule has 2 N–H and O–H groups in total. The molecule has 0 aromatic rings. The van der Waals surface area contributed by atoms with E-state index in [2.05, 4.69) is 5.32 Å². The molecule has 1 aliphatic heterocycles. The Hall–Kier alpha value is -1.84. The number of carbonyl (C=O) groups is 4. The summed E-state index contributed by atoms with van der Waals surface area (Å²) >= 11 is 5.67. The molecule has 0 radical (unpaired) electrons. The lowest BCUT2D eigenvalue weighted by molar-refractivity contribution is -0.176. The quantitative estimate of drug-likeness (QED) is 0.530. The van der Waals surface area contributed by atoms with Crippen molar-refractivity contribution in [2.75, 3.05) is 12.4 Å². The largest absolute Gasteiger partial charge is 0.471 e. The highest BCUT2D eigenvalue weighted by Gasteiger charge is 2.70. The maximum Gasteiger partial charge on any atom is 0.471 e. The third-order valence-electron chi connectivity index (χ3n) is 6.85. The van der Waals surface area contributed by atoms with Crippen LogP contribution in [-0.4, -0.2) is 65.1 Å². The lowest BCUT2D eigenvalue weighted by Gasteiger charge is -2.38. The van der Waals surface area contributed by atoms with Crippen LogP contribution in [0.3, 0.4) is 0 Å². The van der Waals surface area contributed by atoms with Crippen molar-refractivity contribution in [1.29, 1.82) is 0 Å². The molecule has 5 atom stereocenters. The van der Waals surface area contributed by atoms with Crippen LogP contribution in [0.2, 0.25) is 0 Å². The van der Waals surface area contributed by atoms with E-state index in [9.17, 15) is 32.3 Å². The average Bonchev–Trinajstić information content (AvgIpc) is 3.02. The number of fused-ring (bicyclic) bond motifs is 1. The van der Waals surface area contributed by atoms with Crippen LogP contribution in [0.5, 0.6) is 0 Å². The van der Waals surface area contributed by atoms with Crippen LogP contribution in [0, 0.1) is 28.6 Å². The molecular weight excluding hydrogens is 463 g/mol. The minimum atomic E-state index is -5.15. The number of halogens is 4. The van der Waals surface area contributed by atoms with E-state index in [4.69, 9.17) is 11.6 Å². The number of hydrogen-bond acceptors (Lipinski definition) is 4. The fourth-order valence-electron chi connectivity index (χ4n) is 4.78. The zero-order valence-corrected chi connectivity index (χ0v) is 20.7.